The summed E-state index contributed by atoms with van der Waals surface area (Å²) in [4.78, 5) is 45.7. The normalized spacial score (nSPS) is 13.9. The summed E-state index contributed by atoms with van der Waals surface area (Å²) in [6.07, 6.45) is 34.0. The van der Waals surface area contributed by atoms with Gasteiger partial charge in [0.05, 0.1) is 13.2 Å². The number of aliphatic hydroxyl groups excluding tert-OH is 1. The van der Waals surface area contributed by atoms with Crippen LogP contribution in [0.3, 0.4) is 0 Å². The third kappa shape index (κ3) is 35.3. The molecular formula is C40H76NO10P. The molecule has 52 heavy (non-hydrogen) atoms. The number of phosphoric ester groups is 1. The monoisotopic (exact) mass is 762 g/mol. The van der Waals surface area contributed by atoms with Gasteiger partial charge in [-0.1, -0.05) is 154 Å². The van der Waals surface area contributed by atoms with Crippen molar-refractivity contribution in [3.63, 3.8) is 0 Å². The van der Waals surface area contributed by atoms with E-state index in [0.29, 0.717) is 12.8 Å². The molecule has 4 N–H and O–H groups in total. The first-order chi connectivity index (χ1) is 25.1. The van der Waals surface area contributed by atoms with E-state index in [-0.39, 0.29) is 12.8 Å². The molecule has 0 aromatic rings. The number of carboxylic acid groups (broad SMARTS) is 1. The zero-order valence-corrected chi connectivity index (χ0v) is 33.8. The van der Waals surface area contributed by atoms with Crippen molar-refractivity contribution in [2.45, 2.75) is 206 Å². The summed E-state index contributed by atoms with van der Waals surface area (Å²) < 4.78 is 26.7. The Hall–Kier alpha value is -1.78. The van der Waals surface area contributed by atoms with E-state index in [1.54, 1.807) is 0 Å². The number of carbonyl (C=O) groups excluding carboxylic acids is 2. The number of phosphoric acid groups is 1. The highest BCUT2D eigenvalue weighted by molar-refractivity contribution is 7.47. The fourth-order valence-corrected chi connectivity index (χ4v) is 6.55. The summed E-state index contributed by atoms with van der Waals surface area (Å²) in [7, 11) is -4.74. The van der Waals surface area contributed by atoms with E-state index in [1.165, 1.54) is 116 Å². The minimum absolute atomic E-state index is 0.149. The van der Waals surface area contributed by atoms with Gasteiger partial charge >= 0.3 is 19.8 Å². The molecule has 0 saturated heterocycles. The van der Waals surface area contributed by atoms with Crippen LogP contribution in [0.4, 0.5) is 0 Å². The van der Waals surface area contributed by atoms with Gasteiger partial charge in [-0.15, -0.1) is 0 Å². The molecule has 11 nitrogen and oxygen atoms in total. The number of esters is 1. The summed E-state index contributed by atoms with van der Waals surface area (Å²) in [6.45, 7) is 2.55. The Morgan fingerprint density at radius 2 is 1.00 bits per heavy atom. The van der Waals surface area contributed by atoms with Crippen molar-refractivity contribution in [3.05, 3.63) is 12.2 Å². The molecule has 0 aromatic carbocycles. The SMILES string of the molecule is CCCCCCCC/C=C/CCCCCCCCCCCC(=O)OCC(O)COP(=O)(O)OCC(NC(=O)CCCCCCCCCCC)C(=O)O. The molecule has 0 fully saturated rings. The average Bonchev–Trinajstić information content (AvgIpc) is 3.11. The Kier molecular flexibility index (Phi) is 35.0. The Balaban J connectivity index is 3.85. The largest absolute Gasteiger partial charge is 0.480 e. The number of aliphatic hydroxyl groups is 1. The number of allylic oxidation sites excluding steroid dienone is 2. The van der Waals surface area contributed by atoms with Crippen LogP contribution < -0.4 is 5.32 Å². The zero-order valence-electron chi connectivity index (χ0n) is 32.9. The number of amides is 1. The van der Waals surface area contributed by atoms with E-state index in [4.69, 9.17) is 13.8 Å². The summed E-state index contributed by atoms with van der Waals surface area (Å²) in [6, 6.07) is -1.54. The van der Waals surface area contributed by atoms with Gasteiger partial charge in [-0.25, -0.2) is 9.36 Å². The molecule has 3 atom stereocenters. The summed E-state index contributed by atoms with van der Waals surface area (Å²) in [5, 5.41) is 21.7. The summed E-state index contributed by atoms with van der Waals surface area (Å²) in [5.41, 5.74) is 0. The van der Waals surface area contributed by atoms with E-state index >= 15 is 0 Å². The molecule has 0 aliphatic rings. The summed E-state index contributed by atoms with van der Waals surface area (Å²) in [5.74, 6) is -2.37. The number of ether oxygens (including phenoxy) is 1. The van der Waals surface area contributed by atoms with Crippen LogP contribution in [0.25, 0.3) is 0 Å². The highest BCUT2D eigenvalue weighted by atomic mass is 31.2. The minimum Gasteiger partial charge on any atom is -0.480 e. The number of hydrogen-bond donors (Lipinski definition) is 4. The van der Waals surface area contributed by atoms with Gasteiger partial charge in [-0.3, -0.25) is 18.6 Å². The van der Waals surface area contributed by atoms with Crippen molar-refractivity contribution in [2.24, 2.45) is 0 Å². The van der Waals surface area contributed by atoms with Gasteiger partial charge in [0.25, 0.3) is 0 Å². The summed E-state index contributed by atoms with van der Waals surface area (Å²) >= 11 is 0. The van der Waals surface area contributed by atoms with Gasteiger partial charge in [0, 0.05) is 12.8 Å². The van der Waals surface area contributed by atoms with Gasteiger partial charge in [0.1, 0.15) is 12.7 Å². The van der Waals surface area contributed by atoms with E-state index in [9.17, 15) is 34.1 Å². The third-order valence-corrected chi connectivity index (χ3v) is 10.0. The number of nitrogens with one attached hydrogen (secondary N) is 1. The van der Waals surface area contributed by atoms with Crippen LogP contribution in [0.2, 0.25) is 0 Å². The molecule has 12 heteroatoms. The highest BCUT2D eigenvalue weighted by Gasteiger charge is 2.28. The quantitative estimate of drug-likeness (QED) is 0.0205. The molecule has 0 aliphatic heterocycles. The zero-order chi connectivity index (χ0) is 38.5. The first-order valence-electron chi connectivity index (χ1n) is 20.7. The molecule has 3 unspecified atom stereocenters. The van der Waals surface area contributed by atoms with Crippen LogP contribution in [0.5, 0.6) is 0 Å². The molecule has 0 radical (unpaired) electrons. The van der Waals surface area contributed by atoms with Crippen LogP contribution in [0.15, 0.2) is 12.2 Å². The second-order valence-electron chi connectivity index (χ2n) is 14.2. The Morgan fingerprint density at radius 3 is 1.46 bits per heavy atom. The van der Waals surface area contributed by atoms with Gasteiger partial charge < -0.3 is 25.2 Å². The number of hydrogen-bond acceptors (Lipinski definition) is 8. The average molecular weight is 762 g/mol. The van der Waals surface area contributed by atoms with Gasteiger partial charge in [0.2, 0.25) is 5.91 Å². The van der Waals surface area contributed by atoms with E-state index in [1.807, 2.05) is 0 Å². The number of carbonyl (C=O) groups is 3. The van der Waals surface area contributed by atoms with Crippen LogP contribution in [-0.4, -0.2) is 64.9 Å². The molecule has 0 rings (SSSR count). The number of unbranched alkanes of at least 4 members (excludes halogenated alkanes) is 23. The lowest BCUT2D eigenvalue weighted by Gasteiger charge is -2.18. The molecule has 0 bridgehead atoms. The predicted molar refractivity (Wildman–Crippen MR) is 208 cm³/mol. The Bertz CT molecular complexity index is 947. The van der Waals surface area contributed by atoms with Gasteiger partial charge in [-0.2, -0.15) is 0 Å². The standard InChI is InChI=1S/C40H76NO10P/c1-3-5-7-9-11-13-14-15-16-17-18-19-20-21-22-24-26-28-30-32-39(44)49-33-36(42)34-50-52(47,48)51-35-37(40(45)46)41-38(43)31-29-27-25-23-12-10-8-6-4-2/h15-16,36-37,42H,3-14,17-35H2,1-2H3,(H,41,43)(H,45,46)(H,47,48)/b16-15+. The van der Waals surface area contributed by atoms with Crippen LogP contribution >= 0.6 is 7.82 Å². The van der Waals surface area contributed by atoms with Gasteiger partial charge in [-0.05, 0) is 38.5 Å². The smallest absolute Gasteiger partial charge is 0.472 e. The van der Waals surface area contributed by atoms with Crippen molar-refractivity contribution < 1.29 is 47.8 Å². The second-order valence-corrected chi connectivity index (χ2v) is 15.6. The second kappa shape index (κ2) is 36.2. The van der Waals surface area contributed by atoms with Crippen LogP contribution in [0.1, 0.15) is 194 Å². The van der Waals surface area contributed by atoms with E-state index in [0.717, 1.165) is 38.5 Å². The van der Waals surface area contributed by atoms with Gasteiger partial charge in [0.15, 0.2) is 6.04 Å². The molecule has 1 amide bonds. The number of carboxylic acids is 1. The Labute approximate surface area is 316 Å². The van der Waals surface area contributed by atoms with E-state index < -0.39 is 57.6 Å². The van der Waals surface area contributed by atoms with Crippen molar-refractivity contribution >= 4 is 25.7 Å². The highest BCUT2D eigenvalue weighted by Crippen LogP contribution is 2.43. The van der Waals surface area contributed by atoms with Crippen molar-refractivity contribution in [2.75, 3.05) is 19.8 Å². The fraction of sp³-hybridized carbons (Fsp3) is 0.875. The lowest BCUT2D eigenvalue weighted by atomic mass is 10.1. The molecular weight excluding hydrogens is 685 g/mol. The molecule has 0 spiro atoms. The number of aliphatic carboxylic acids is 1. The first kappa shape index (κ1) is 50.2. The van der Waals surface area contributed by atoms with Crippen molar-refractivity contribution in [1.29, 1.82) is 0 Å². The molecule has 306 valence electrons. The molecule has 0 aromatic heterocycles. The maximum absolute atomic E-state index is 12.2. The Morgan fingerprint density at radius 1 is 0.596 bits per heavy atom. The van der Waals surface area contributed by atoms with Crippen LogP contribution in [0, 0.1) is 0 Å². The predicted octanol–water partition coefficient (Wildman–Crippen LogP) is 10.1. The topological polar surface area (TPSA) is 169 Å². The first-order valence-corrected chi connectivity index (χ1v) is 22.2. The molecule has 0 heterocycles. The van der Waals surface area contributed by atoms with E-state index in [2.05, 4.69) is 31.3 Å². The molecule has 0 aliphatic carbocycles. The van der Waals surface area contributed by atoms with Crippen LogP contribution in [-0.2, 0) is 32.7 Å². The maximum Gasteiger partial charge on any atom is 0.472 e. The van der Waals surface area contributed by atoms with Crippen molar-refractivity contribution in [3.8, 4) is 0 Å². The third-order valence-electron chi connectivity index (χ3n) is 9.05. The number of rotatable bonds is 39. The maximum atomic E-state index is 12.2. The molecule has 0 saturated carbocycles. The fourth-order valence-electron chi connectivity index (χ4n) is 5.78. The lowest BCUT2D eigenvalue weighted by molar-refractivity contribution is -0.147. The lowest BCUT2D eigenvalue weighted by Crippen LogP contribution is -2.43. The van der Waals surface area contributed by atoms with Crippen molar-refractivity contribution in [1.82, 2.24) is 5.32 Å². The minimum atomic E-state index is -4.74.